The Labute approximate surface area is 215 Å². The molecule has 1 amide bonds. The number of benzene rings is 2. The molecule has 0 saturated carbocycles. The Morgan fingerprint density at radius 3 is 2.51 bits per heavy atom. The molecule has 0 radical (unpaired) electrons. The SMILES string of the molecule is CCc1cccc2c1C(=O)N(c1c(-c3ccncc3)nc(NCC(N)Cc3ccccc3)n(C)c1=O)C2. The molecule has 8 heteroatoms. The van der Waals surface area contributed by atoms with Gasteiger partial charge in [0.2, 0.25) is 5.95 Å². The number of fused-ring (bicyclic) bond motifs is 1. The molecule has 4 aromatic rings. The van der Waals surface area contributed by atoms with Crippen molar-refractivity contribution in [2.75, 3.05) is 16.8 Å². The van der Waals surface area contributed by atoms with E-state index in [0.717, 1.165) is 23.1 Å². The van der Waals surface area contributed by atoms with Crippen molar-refractivity contribution in [2.45, 2.75) is 32.4 Å². The van der Waals surface area contributed by atoms with Gasteiger partial charge >= 0.3 is 0 Å². The number of aryl methyl sites for hydroxylation is 1. The fourth-order valence-electron chi connectivity index (χ4n) is 4.83. The van der Waals surface area contributed by atoms with E-state index in [1.807, 2.05) is 55.5 Å². The zero-order valence-electron chi connectivity index (χ0n) is 21.0. The molecular weight excluding hydrogens is 464 g/mol. The van der Waals surface area contributed by atoms with Crippen LogP contribution in [0, 0.1) is 0 Å². The first kappa shape index (κ1) is 24.4. The second-order valence-electron chi connectivity index (χ2n) is 9.26. The van der Waals surface area contributed by atoms with Crippen LogP contribution in [-0.2, 0) is 26.4 Å². The highest BCUT2D eigenvalue weighted by atomic mass is 16.2. The molecule has 5 rings (SSSR count). The number of hydrogen-bond acceptors (Lipinski definition) is 6. The number of rotatable bonds is 8. The first-order valence-corrected chi connectivity index (χ1v) is 12.4. The fraction of sp³-hybridized carbons (Fsp3) is 0.241. The Balaban J connectivity index is 1.51. The normalized spacial score (nSPS) is 13.5. The summed E-state index contributed by atoms with van der Waals surface area (Å²) >= 11 is 0. The summed E-state index contributed by atoms with van der Waals surface area (Å²) in [5.74, 6) is 0.217. The maximum atomic E-state index is 13.8. The summed E-state index contributed by atoms with van der Waals surface area (Å²) in [6.45, 7) is 2.78. The third kappa shape index (κ3) is 4.75. The molecule has 0 saturated heterocycles. The van der Waals surface area contributed by atoms with Gasteiger partial charge in [-0.05, 0) is 41.7 Å². The first-order chi connectivity index (χ1) is 18.0. The molecule has 188 valence electrons. The lowest BCUT2D eigenvalue weighted by atomic mass is 10.0. The Morgan fingerprint density at radius 2 is 1.78 bits per heavy atom. The van der Waals surface area contributed by atoms with Crippen molar-refractivity contribution in [1.82, 2.24) is 14.5 Å². The minimum Gasteiger partial charge on any atom is -0.354 e. The molecule has 37 heavy (non-hydrogen) atoms. The van der Waals surface area contributed by atoms with Gasteiger partial charge in [0.1, 0.15) is 11.4 Å². The molecule has 1 aliphatic heterocycles. The second-order valence-corrected chi connectivity index (χ2v) is 9.26. The van der Waals surface area contributed by atoms with Crippen LogP contribution in [0.25, 0.3) is 11.3 Å². The van der Waals surface area contributed by atoms with Crippen molar-refractivity contribution in [3.05, 3.63) is 106 Å². The molecule has 3 heterocycles. The largest absolute Gasteiger partial charge is 0.354 e. The van der Waals surface area contributed by atoms with Gasteiger partial charge in [0, 0.05) is 43.2 Å². The number of carbonyl (C=O) groups is 1. The summed E-state index contributed by atoms with van der Waals surface area (Å²) < 4.78 is 1.45. The first-order valence-electron chi connectivity index (χ1n) is 12.4. The van der Waals surface area contributed by atoms with E-state index in [9.17, 15) is 9.59 Å². The lowest BCUT2D eigenvalue weighted by molar-refractivity contribution is 0.0995. The summed E-state index contributed by atoms with van der Waals surface area (Å²) in [7, 11) is 1.66. The molecule has 8 nitrogen and oxygen atoms in total. The average molecular weight is 495 g/mol. The number of nitrogens with one attached hydrogen (secondary N) is 1. The quantitative estimate of drug-likeness (QED) is 0.388. The van der Waals surface area contributed by atoms with Crippen LogP contribution in [0.2, 0.25) is 0 Å². The van der Waals surface area contributed by atoms with Gasteiger partial charge in [0.05, 0.1) is 6.54 Å². The van der Waals surface area contributed by atoms with Gasteiger partial charge in [0.25, 0.3) is 11.5 Å². The topological polar surface area (TPSA) is 106 Å². The summed E-state index contributed by atoms with van der Waals surface area (Å²) in [6.07, 6.45) is 4.73. The molecule has 0 fully saturated rings. The number of nitrogens with two attached hydrogens (primary N) is 1. The van der Waals surface area contributed by atoms with Gasteiger partial charge in [-0.15, -0.1) is 0 Å². The Bertz CT molecular complexity index is 1480. The molecule has 3 N–H and O–H groups in total. The molecular formula is C29H30N6O2. The Kier molecular flexibility index (Phi) is 6.83. The van der Waals surface area contributed by atoms with Gasteiger partial charge < -0.3 is 11.1 Å². The van der Waals surface area contributed by atoms with Crippen molar-refractivity contribution in [1.29, 1.82) is 0 Å². The highest BCUT2D eigenvalue weighted by molar-refractivity contribution is 6.12. The Hall–Kier alpha value is -4.30. The number of hydrogen-bond donors (Lipinski definition) is 2. The fourth-order valence-corrected chi connectivity index (χ4v) is 4.83. The number of nitrogens with zero attached hydrogens (tertiary/aromatic N) is 4. The summed E-state index contributed by atoms with van der Waals surface area (Å²) in [4.78, 5) is 37.9. The van der Waals surface area contributed by atoms with Crippen molar-refractivity contribution in [3.63, 3.8) is 0 Å². The molecule has 0 aliphatic carbocycles. The van der Waals surface area contributed by atoms with E-state index in [4.69, 9.17) is 10.7 Å². The third-order valence-corrected chi connectivity index (χ3v) is 6.76. The van der Waals surface area contributed by atoms with Crippen LogP contribution in [-0.4, -0.2) is 33.0 Å². The lowest BCUT2D eigenvalue weighted by Crippen LogP contribution is -2.36. The molecule has 1 atom stereocenters. The minimum atomic E-state index is -0.305. The maximum Gasteiger partial charge on any atom is 0.279 e. The van der Waals surface area contributed by atoms with Crippen LogP contribution in [0.1, 0.15) is 34.0 Å². The number of carbonyl (C=O) groups excluding carboxylic acids is 1. The number of pyridine rings is 1. The van der Waals surface area contributed by atoms with Gasteiger partial charge in [0.15, 0.2) is 0 Å². The van der Waals surface area contributed by atoms with Gasteiger partial charge in [-0.3, -0.25) is 24.0 Å². The van der Waals surface area contributed by atoms with E-state index in [1.54, 1.807) is 36.5 Å². The smallest absolute Gasteiger partial charge is 0.279 e. The van der Waals surface area contributed by atoms with E-state index in [1.165, 1.54) is 4.57 Å². The van der Waals surface area contributed by atoms with Crippen molar-refractivity contribution in [2.24, 2.45) is 12.8 Å². The predicted octanol–water partition coefficient (Wildman–Crippen LogP) is 3.55. The second kappa shape index (κ2) is 10.4. The van der Waals surface area contributed by atoms with E-state index in [2.05, 4.69) is 10.3 Å². The van der Waals surface area contributed by atoms with Crippen molar-refractivity contribution in [3.8, 4) is 11.3 Å². The van der Waals surface area contributed by atoms with Crippen LogP contribution in [0.3, 0.4) is 0 Å². The highest BCUT2D eigenvalue weighted by Crippen LogP contribution is 2.34. The minimum absolute atomic E-state index is 0.174. The maximum absolute atomic E-state index is 13.8. The molecule has 2 aromatic carbocycles. The van der Waals surface area contributed by atoms with Crippen molar-refractivity contribution >= 4 is 17.5 Å². The van der Waals surface area contributed by atoms with Crippen LogP contribution in [0.15, 0.2) is 77.9 Å². The molecule has 1 aliphatic rings. The van der Waals surface area contributed by atoms with E-state index in [0.29, 0.717) is 42.3 Å². The van der Waals surface area contributed by atoms with Gasteiger partial charge in [-0.2, -0.15) is 0 Å². The highest BCUT2D eigenvalue weighted by Gasteiger charge is 2.34. The van der Waals surface area contributed by atoms with Gasteiger partial charge in [-0.25, -0.2) is 4.98 Å². The predicted molar refractivity (Wildman–Crippen MR) is 146 cm³/mol. The summed E-state index contributed by atoms with van der Waals surface area (Å²) in [5.41, 5.74) is 11.2. The summed E-state index contributed by atoms with van der Waals surface area (Å²) in [5, 5.41) is 3.26. The van der Waals surface area contributed by atoms with Crippen LogP contribution < -0.4 is 21.5 Å². The number of anilines is 2. The van der Waals surface area contributed by atoms with Crippen LogP contribution in [0.4, 0.5) is 11.6 Å². The van der Waals surface area contributed by atoms with E-state index >= 15 is 0 Å². The average Bonchev–Trinajstić information content (AvgIpc) is 3.26. The molecule has 0 spiro atoms. The standard InChI is InChI=1S/C29H30N6O2/c1-3-20-10-7-11-22-18-35(27(36)24(20)22)26-25(21-12-14-31-15-13-21)33-29(34(2)28(26)37)32-17-23(30)16-19-8-5-4-6-9-19/h4-15,23H,3,16-18,30H2,1-2H3,(H,32,33). The zero-order chi connectivity index (χ0) is 25.9. The number of amides is 1. The zero-order valence-corrected chi connectivity index (χ0v) is 21.0. The number of aromatic nitrogens is 3. The molecule has 1 unspecified atom stereocenters. The lowest BCUT2D eigenvalue weighted by Gasteiger charge is -2.22. The molecule has 2 aromatic heterocycles. The molecule has 0 bridgehead atoms. The third-order valence-electron chi connectivity index (χ3n) is 6.76. The van der Waals surface area contributed by atoms with Gasteiger partial charge in [-0.1, -0.05) is 55.5 Å². The van der Waals surface area contributed by atoms with Crippen LogP contribution in [0.5, 0.6) is 0 Å². The Morgan fingerprint density at radius 1 is 1.03 bits per heavy atom. The monoisotopic (exact) mass is 494 g/mol. The van der Waals surface area contributed by atoms with E-state index in [-0.39, 0.29) is 23.2 Å². The van der Waals surface area contributed by atoms with Crippen molar-refractivity contribution < 1.29 is 4.79 Å². The van der Waals surface area contributed by atoms with Crippen LogP contribution >= 0.6 is 0 Å². The summed E-state index contributed by atoms with van der Waals surface area (Å²) in [6, 6.07) is 19.3. The van der Waals surface area contributed by atoms with E-state index < -0.39 is 0 Å².